The Morgan fingerprint density at radius 2 is 0.940 bits per heavy atom. The number of aliphatic hydroxyl groups is 3. The summed E-state index contributed by atoms with van der Waals surface area (Å²) in [5.41, 5.74) is -0.241. The molecule has 13 rings (SSSR count). The number of piperazine rings is 3. The lowest BCUT2D eigenvalue weighted by molar-refractivity contribution is -0.174. The quantitative estimate of drug-likeness (QED) is 0.0557. The minimum absolute atomic E-state index is 0. The molecule has 12 heterocycles. The fourth-order valence-corrected chi connectivity index (χ4v) is 11.4. The standard InChI is InChI=1S/C20H23FN6O.C19H21F3N6O.C19H23FN6O.5H2/c21-14-5-6-16(24-18(14)17-13-4-3-9-23-19(13)26-25-17)27-11-10-22-15(12-27)20(28)7-1-2-8-20;1-18(29,19(2,21)22)13-10-28(9-8-23-13)14-6-5-12(20)16(25-14)15-11-4-3-7-24-17(11)27-26-15;1-3-19(2,27)14-11-26(10-9-21-14)15-7-6-13(20)17(23-15)16-12-5-4-8-22-18(12)25-24-16;;;;;/h3-6,9,15,22,28H,1-2,7-8,10-12H2,(H,23,25,26);3-7,13,23,29H,8-10H2,1-2H3,(H,24,26,27);4-8,14,21,27H,3,9-11H2,1-2H3,(H,22,24,25);5*1H. The average molecular weight is 1170 g/mol. The van der Waals surface area contributed by atoms with Gasteiger partial charge in [0.2, 0.25) is 0 Å². The number of anilines is 3. The Kier molecular flexibility index (Phi) is 16.3. The number of rotatable bonds is 11. The zero-order valence-corrected chi connectivity index (χ0v) is 46.9. The number of nitrogens with zero attached hydrogens (tertiary/aromatic N) is 12. The van der Waals surface area contributed by atoms with Crippen molar-refractivity contribution in [1.29, 1.82) is 0 Å². The molecule has 4 aliphatic rings. The zero-order valence-electron chi connectivity index (χ0n) is 46.9. The summed E-state index contributed by atoms with van der Waals surface area (Å²) < 4.78 is 71.5. The summed E-state index contributed by atoms with van der Waals surface area (Å²) in [6.45, 7) is 10.8. The molecule has 1 aliphatic carbocycles. The van der Waals surface area contributed by atoms with Crippen molar-refractivity contribution in [1.82, 2.24) is 76.4 Å². The van der Waals surface area contributed by atoms with E-state index in [1.165, 1.54) is 24.3 Å². The minimum Gasteiger partial charge on any atom is -0.388 e. The molecule has 4 fully saturated rings. The van der Waals surface area contributed by atoms with Crippen LogP contribution in [0.4, 0.5) is 39.4 Å². The highest BCUT2D eigenvalue weighted by Gasteiger charge is 2.51. The molecule has 5 unspecified atom stereocenters. The fourth-order valence-electron chi connectivity index (χ4n) is 11.4. The van der Waals surface area contributed by atoms with Gasteiger partial charge in [-0.1, -0.05) is 19.8 Å². The van der Waals surface area contributed by atoms with E-state index in [9.17, 15) is 37.3 Å². The van der Waals surface area contributed by atoms with E-state index >= 15 is 0 Å². The van der Waals surface area contributed by atoms with E-state index in [1.807, 2.05) is 26.0 Å². The van der Waals surface area contributed by atoms with Gasteiger partial charge in [-0.3, -0.25) is 15.3 Å². The molecule has 0 spiro atoms. The summed E-state index contributed by atoms with van der Waals surface area (Å²) in [6, 6.07) is 18.8. The maximum atomic E-state index is 14.6. The van der Waals surface area contributed by atoms with Gasteiger partial charge in [-0.2, -0.15) is 15.3 Å². The molecule has 1 saturated carbocycles. The Morgan fingerprint density at radius 1 is 0.560 bits per heavy atom. The number of nitrogens with one attached hydrogen (secondary N) is 6. The summed E-state index contributed by atoms with van der Waals surface area (Å²) in [5.74, 6) is -2.85. The van der Waals surface area contributed by atoms with E-state index in [2.05, 4.69) is 86.2 Å². The molecule has 9 aromatic heterocycles. The van der Waals surface area contributed by atoms with E-state index in [-0.39, 0.29) is 42.8 Å². The number of pyridine rings is 6. The number of fused-ring (bicyclic) bond motifs is 3. The van der Waals surface area contributed by atoms with Gasteiger partial charge in [0.05, 0.1) is 46.4 Å². The van der Waals surface area contributed by atoms with E-state index in [1.54, 1.807) is 59.9 Å². The van der Waals surface area contributed by atoms with Gasteiger partial charge >= 0.3 is 0 Å². The first-order valence-electron chi connectivity index (χ1n) is 28.2. The minimum atomic E-state index is -3.29. The van der Waals surface area contributed by atoms with Gasteiger partial charge in [0.1, 0.15) is 40.1 Å². The van der Waals surface area contributed by atoms with Gasteiger partial charge in [0, 0.05) is 108 Å². The first kappa shape index (κ1) is 57.9. The Hall–Kier alpha value is -7.88. The van der Waals surface area contributed by atoms with Crippen LogP contribution in [0.5, 0.6) is 0 Å². The average Bonchev–Trinajstić information content (AvgIpc) is 2.09. The molecule has 9 N–H and O–H groups in total. The van der Waals surface area contributed by atoms with E-state index in [0.29, 0.717) is 96.4 Å². The Morgan fingerprint density at radius 3 is 1.35 bits per heavy atom. The summed E-state index contributed by atoms with van der Waals surface area (Å²) in [4.78, 5) is 32.0. The van der Waals surface area contributed by atoms with Crippen molar-refractivity contribution < 1.29 is 44.4 Å². The second-order valence-corrected chi connectivity index (χ2v) is 22.3. The van der Waals surface area contributed by atoms with E-state index in [4.69, 9.17) is 0 Å². The van der Waals surface area contributed by atoms with Crippen LogP contribution in [0, 0.1) is 17.5 Å². The van der Waals surface area contributed by atoms with Crippen molar-refractivity contribution >= 4 is 50.6 Å². The topological polar surface area (TPSA) is 270 Å². The summed E-state index contributed by atoms with van der Waals surface area (Å²) >= 11 is 0. The van der Waals surface area contributed by atoms with Gasteiger partial charge < -0.3 is 46.0 Å². The number of H-pyrrole nitrogens is 3. The van der Waals surface area contributed by atoms with Crippen molar-refractivity contribution in [2.45, 2.75) is 101 Å². The lowest BCUT2D eigenvalue weighted by Gasteiger charge is -2.43. The van der Waals surface area contributed by atoms with E-state index in [0.717, 1.165) is 69.6 Å². The lowest BCUT2D eigenvalue weighted by atomic mass is 9.88. The maximum Gasteiger partial charge on any atom is 0.274 e. The molecule has 3 saturated heterocycles. The van der Waals surface area contributed by atoms with Crippen molar-refractivity contribution in [3.05, 3.63) is 109 Å². The third-order valence-electron chi connectivity index (χ3n) is 16.8. The molecule has 5 atom stereocenters. The molecule has 452 valence electrons. The first-order valence-corrected chi connectivity index (χ1v) is 28.2. The van der Waals surface area contributed by atoms with Crippen LogP contribution in [0.25, 0.3) is 67.3 Å². The van der Waals surface area contributed by atoms with Crippen LogP contribution < -0.4 is 30.7 Å². The lowest BCUT2D eigenvalue weighted by Crippen LogP contribution is -2.65. The van der Waals surface area contributed by atoms with Crippen LogP contribution in [0.3, 0.4) is 0 Å². The highest BCUT2D eigenvalue weighted by Crippen LogP contribution is 2.37. The smallest absolute Gasteiger partial charge is 0.274 e. The number of halogens is 5. The second-order valence-electron chi connectivity index (χ2n) is 22.3. The molecule has 0 bridgehead atoms. The molecular weight excluding hydrogens is 1090 g/mol. The SMILES string of the molecule is CC(F)(F)C(C)(O)C1CN(c2ccc(F)c(-c3[nH]nc4ncccc34)n2)CCN1.CCC(C)(O)C1CN(c2ccc(F)c(-c3[nH]nc4ncccc34)n2)CCN1.OC1(C2CN(c3ccc(F)c(-c4[nH]nc5ncccc45)n3)CCN2)CCCC1.[HH].[HH].[HH].[HH].[HH]. The molecule has 3 aliphatic heterocycles. The molecule has 26 heteroatoms. The normalized spacial score (nSPS) is 20.7. The van der Waals surface area contributed by atoms with Crippen LogP contribution in [-0.4, -0.2) is 176 Å². The van der Waals surface area contributed by atoms with Crippen LogP contribution >= 0.6 is 0 Å². The van der Waals surface area contributed by atoms with Gasteiger partial charge in [0.25, 0.3) is 5.92 Å². The molecular formula is C58H77F5N18O3. The molecule has 9 aromatic rings. The van der Waals surface area contributed by atoms with Crippen LogP contribution in [0.1, 0.15) is 66.9 Å². The number of hydrogen-bond acceptors (Lipinski definition) is 18. The number of hydrogen-bond donors (Lipinski definition) is 9. The van der Waals surface area contributed by atoms with Crippen molar-refractivity contribution in [3.8, 4) is 34.2 Å². The molecule has 0 amide bonds. The largest absolute Gasteiger partial charge is 0.388 e. The molecule has 84 heavy (non-hydrogen) atoms. The van der Waals surface area contributed by atoms with Crippen LogP contribution in [0.2, 0.25) is 0 Å². The van der Waals surface area contributed by atoms with Gasteiger partial charge in [0.15, 0.2) is 34.4 Å². The summed E-state index contributed by atoms with van der Waals surface area (Å²) in [6.07, 6.45) is 9.32. The van der Waals surface area contributed by atoms with E-state index < -0.39 is 46.2 Å². The second kappa shape index (κ2) is 23.6. The predicted octanol–water partition coefficient (Wildman–Crippen LogP) is 7.91. The highest BCUT2D eigenvalue weighted by atomic mass is 19.3. The number of alkyl halides is 2. The molecule has 21 nitrogen and oxygen atoms in total. The fraction of sp³-hybridized carbons (Fsp3) is 0.431. The molecule has 0 aromatic carbocycles. The predicted molar refractivity (Wildman–Crippen MR) is 319 cm³/mol. The molecule has 0 radical (unpaired) electrons. The van der Waals surface area contributed by atoms with Gasteiger partial charge in [-0.05, 0) is 106 Å². The monoisotopic (exact) mass is 1170 g/mol. The van der Waals surface area contributed by atoms with Gasteiger partial charge in [-0.15, -0.1) is 0 Å². The number of aromatic amines is 3. The maximum absolute atomic E-state index is 14.6. The third-order valence-corrected chi connectivity index (χ3v) is 16.8. The first-order chi connectivity index (χ1) is 40.3. The Labute approximate surface area is 487 Å². The Bertz CT molecular complexity index is 3780. The zero-order chi connectivity index (χ0) is 59.0. The van der Waals surface area contributed by atoms with Gasteiger partial charge in [-0.25, -0.2) is 51.9 Å². The number of aromatic nitrogens is 12. The summed E-state index contributed by atoms with van der Waals surface area (Å²) in [7, 11) is 0. The van der Waals surface area contributed by atoms with Crippen LogP contribution in [-0.2, 0) is 0 Å². The highest BCUT2D eigenvalue weighted by molar-refractivity contribution is 5.91. The van der Waals surface area contributed by atoms with Crippen LogP contribution in [0.15, 0.2) is 91.4 Å². The van der Waals surface area contributed by atoms with Crippen molar-refractivity contribution in [2.75, 3.05) is 73.6 Å². The third kappa shape index (κ3) is 11.7. The summed E-state index contributed by atoms with van der Waals surface area (Å²) in [5, 5.41) is 64.6. The Balaban J connectivity index is 0.000000207. The van der Waals surface area contributed by atoms with Crippen molar-refractivity contribution in [2.24, 2.45) is 0 Å². The van der Waals surface area contributed by atoms with Crippen molar-refractivity contribution in [3.63, 3.8) is 0 Å².